The molecule has 5 heteroatoms. The van der Waals surface area contributed by atoms with Crippen LogP contribution in [0, 0.1) is 0 Å². The first-order valence-corrected chi connectivity index (χ1v) is 5.73. The van der Waals surface area contributed by atoms with E-state index in [9.17, 15) is 0 Å². The summed E-state index contributed by atoms with van der Waals surface area (Å²) in [5, 5.41) is 0.823. The van der Waals surface area contributed by atoms with E-state index in [1.807, 2.05) is 0 Å². The van der Waals surface area contributed by atoms with Crippen molar-refractivity contribution in [3.8, 4) is 11.5 Å². The summed E-state index contributed by atoms with van der Waals surface area (Å²) in [7, 11) is 0. The molecular formula is C12H10Cl2N2O. The molecule has 2 N–H and O–H groups in total. The van der Waals surface area contributed by atoms with Crippen LogP contribution < -0.4 is 10.5 Å². The molecule has 2 aromatic rings. The molecule has 0 aliphatic heterocycles. The monoisotopic (exact) mass is 268 g/mol. The number of nitrogens with two attached hydrogens (primary N) is 1. The largest absolute Gasteiger partial charge is 0.454 e. The Bertz CT molecular complexity index is 532. The lowest BCUT2D eigenvalue weighted by Gasteiger charge is -2.10. The molecule has 0 radical (unpaired) electrons. The van der Waals surface area contributed by atoms with Crippen molar-refractivity contribution in [1.82, 2.24) is 4.98 Å². The van der Waals surface area contributed by atoms with Crippen LogP contribution in [0.25, 0.3) is 0 Å². The van der Waals surface area contributed by atoms with Crippen LogP contribution in [0.2, 0.25) is 10.0 Å². The first-order chi connectivity index (χ1) is 8.22. The summed E-state index contributed by atoms with van der Waals surface area (Å²) in [5.74, 6) is 1.07. The van der Waals surface area contributed by atoms with Crippen LogP contribution in [-0.4, -0.2) is 4.98 Å². The number of hydrogen-bond acceptors (Lipinski definition) is 3. The molecule has 0 bridgehead atoms. The topological polar surface area (TPSA) is 48.1 Å². The average molecular weight is 269 g/mol. The second-order valence-corrected chi connectivity index (χ2v) is 4.13. The molecule has 0 atom stereocenters. The van der Waals surface area contributed by atoms with Crippen molar-refractivity contribution in [2.24, 2.45) is 5.73 Å². The van der Waals surface area contributed by atoms with Crippen LogP contribution >= 0.6 is 23.2 Å². The van der Waals surface area contributed by atoms with E-state index in [-0.39, 0.29) is 0 Å². The highest BCUT2D eigenvalue weighted by Crippen LogP contribution is 2.35. The molecule has 0 spiro atoms. The van der Waals surface area contributed by atoms with Gasteiger partial charge < -0.3 is 10.5 Å². The zero-order valence-corrected chi connectivity index (χ0v) is 10.4. The summed E-state index contributed by atoms with van der Waals surface area (Å²) < 4.78 is 5.65. The molecule has 88 valence electrons. The number of pyridine rings is 1. The highest BCUT2D eigenvalue weighted by Gasteiger charge is 2.08. The molecule has 0 amide bonds. The van der Waals surface area contributed by atoms with Gasteiger partial charge in [-0.1, -0.05) is 29.3 Å². The Labute approximate surface area is 109 Å². The van der Waals surface area contributed by atoms with Gasteiger partial charge in [0.1, 0.15) is 16.5 Å². The van der Waals surface area contributed by atoms with Crippen molar-refractivity contribution < 1.29 is 4.74 Å². The maximum Gasteiger partial charge on any atom is 0.150 e. The molecule has 0 saturated heterocycles. The van der Waals surface area contributed by atoms with Gasteiger partial charge in [-0.3, -0.25) is 4.98 Å². The Morgan fingerprint density at radius 1 is 1.18 bits per heavy atom. The van der Waals surface area contributed by atoms with Crippen LogP contribution in [0.3, 0.4) is 0 Å². The molecule has 1 aromatic carbocycles. The summed E-state index contributed by atoms with van der Waals surface area (Å²) in [6.45, 7) is 0.371. The van der Waals surface area contributed by atoms with Gasteiger partial charge in [-0.15, -0.1) is 0 Å². The van der Waals surface area contributed by atoms with Gasteiger partial charge in [0.05, 0.1) is 11.2 Å². The van der Waals surface area contributed by atoms with Crippen molar-refractivity contribution in [3.05, 3.63) is 52.3 Å². The molecule has 17 heavy (non-hydrogen) atoms. The van der Waals surface area contributed by atoms with Gasteiger partial charge in [-0.05, 0) is 18.2 Å². The smallest absolute Gasteiger partial charge is 0.150 e. The molecule has 0 fully saturated rings. The molecule has 0 unspecified atom stereocenters. The number of nitrogens with zero attached hydrogens (tertiary/aromatic N) is 1. The minimum absolute atomic E-state index is 0.371. The minimum atomic E-state index is 0.371. The molecule has 3 nitrogen and oxygen atoms in total. The molecule has 0 aliphatic carbocycles. The van der Waals surface area contributed by atoms with E-state index in [1.54, 1.807) is 36.7 Å². The van der Waals surface area contributed by atoms with Crippen molar-refractivity contribution in [1.29, 1.82) is 0 Å². The number of rotatable bonds is 3. The molecule has 1 aromatic heterocycles. The van der Waals surface area contributed by atoms with Crippen molar-refractivity contribution in [2.75, 3.05) is 0 Å². The van der Waals surface area contributed by atoms with Crippen LogP contribution in [-0.2, 0) is 6.54 Å². The zero-order valence-electron chi connectivity index (χ0n) is 8.86. The van der Waals surface area contributed by atoms with Crippen molar-refractivity contribution >= 4 is 23.2 Å². The highest BCUT2D eigenvalue weighted by molar-refractivity contribution is 6.42. The molecule has 2 rings (SSSR count). The van der Waals surface area contributed by atoms with Crippen LogP contribution in [0.4, 0.5) is 0 Å². The van der Waals surface area contributed by atoms with Crippen LogP contribution in [0.5, 0.6) is 11.5 Å². The van der Waals surface area contributed by atoms with Crippen LogP contribution in [0.1, 0.15) is 5.56 Å². The fourth-order valence-corrected chi connectivity index (χ4v) is 1.68. The lowest BCUT2D eigenvalue weighted by Crippen LogP contribution is -2.00. The van der Waals surface area contributed by atoms with Gasteiger partial charge in [0, 0.05) is 18.3 Å². The Morgan fingerprint density at radius 2 is 2.00 bits per heavy atom. The van der Waals surface area contributed by atoms with E-state index < -0.39 is 0 Å². The van der Waals surface area contributed by atoms with Gasteiger partial charge >= 0.3 is 0 Å². The summed E-state index contributed by atoms with van der Waals surface area (Å²) in [5.41, 5.74) is 6.46. The number of aromatic nitrogens is 1. The molecular weight excluding hydrogens is 259 g/mol. The van der Waals surface area contributed by atoms with Gasteiger partial charge in [-0.25, -0.2) is 0 Å². The SMILES string of the molecule is NCc1ccncc1Oc1cccc(Cl)c1Cl. The lowest BCUT2D eigenvalue weighted by molar-refractivity contribution is 0.474. The molecule has 0 aliphatic rings. The van der Waals surface area contributed by atoms with Gasteiger partial charge in [-0.2, -0.15) is 0 Å². The highest BCUT2D eigenvalue weighted by atomic mass is 35.5. The Hall–Kier alpha value is -1.29. The van der Waals surface area contributed by atoms with E-state index in [4.69, 9.17) is 33.7 Å². The number of ether oxygens (including phenoxy) is 1. The second kappa shape index (κ2) is 5.36. The summed E-state index contributed by atoms with van der Waals surface area (Å²) in [6, 6.07) is 7.00. The predicted molar refractivity (Wildman–Crippen MR) is 68.7 cm³/mol. The normalized spacial score (nSPS) is 10.3. The zero-order chi connectivity index (χ0) is 12.3. The lowest BCUT2D eigenvalue weighted by atomic mass is 10.2. The second-order valence-electron chi connectivity index (χ2n) is 3.34. The third-order valence-corrected chi connectivity index (χ3v) is 3.03. The molecule has 0 saturated carbocycles. The van der Waals surface area contributed by atoms with E-state index in [2.05, 4.69) is 4.98 Å². The van der Waals surface area contributed by atoms with E-state index >= 15 is 0 Å². The number of benzene rings is 1. The standard InChI is InChI=1S/C12H10Cl2N2O/c13-9-2-1-3-10(12(9)14)17-11-7-16-5-4-8(11)6-15/h1-5,7H,6,15H2. The predicted octanol–water partition coefficient (Wildman–Crippen LogP) is 3.64. The maximum atomic E-state index is 6.03. The Morgan fingerprint density at radius 3 is 2.76 bits per heavy atom. The summed E-state index contributed by atoms with van der Waals surface area (Å²) in [4.78, 5) is 3.98. The van der Waals surface area contributed by atoms with Crippen LogP contribution in [0.15, 0.2) is 36.7 Å². The third kappa shape index (κ3) is 2.69. The number of hydrogen-bond donors (Lipinski definition) is 1. The Balaban J connectivity index is 2.35. The Kier molecular flexibility index (Phi) is 3.84. The fourth-order valence-electron chi connectivity index (χ4n) is 1.35. The van der Waals surface area contributed by atoms with E-state index in [0.717, 1.165) is 5.56 Å². The average Bonchev–Trinajstić information content (AvgIpc) is 2.35. The van der Waals surface area contributed by atoms with Gasteiger partial charge in [0.15, 0.2) is 0 Å². The first-order valence-electron chi connectivity index (χ1n) is 4.97. The summed E-state index contributed by atoms with van der Waals surface area (Å²) in [6.07, 6.45) is 3.26. The van der Waals surface area contributed by atoms with E-state index in [1.165, 1.54) is 0 Å². The van der Waals surface area contributed by atoms with Gasteiger partial charge in [0.2, 0.25) is 0 Å². The maximum absolute atomic E-state index is 6.03. The fraction of sp³-hybridized carbons (Fsp3) is 0.0833. The first kappa shape index (κ1) is 12.2. The van der Waals surface area contributed by atoms with E-state index in [0.29, 0.717) is 28.1 Å². The quantitative estimate of drug-likeness (QED) is 0.925. The minimum Gasteiger partial charge on any atom is -0.454 e. The van der Waals surface area contributed by atoms with Crippen molar-refractivity contribution in [2.45, 2.75) is 6.54 Å². The molecule has 1 heterocycles. The van der Waals surface area contributed by atoms with Crippen molar-refractivity contribution in [3.63, 3.8) is 0 Å². The number of halogens is 2. The van der Waals surface area contributed by atoms with Gasteiger partial charge in [0.25, 0.3) is 0 Å². The summed E-state index contributed by atoms with van der Waals surface area (Å²) >= 11 is 11.9. The third-order valence-electron chi connectivity index (χ3n) is 2.23.